The number of rotatable bonds is 6. The van der Waals surface area contributed by atoms with Crippen molar-refractivity contribution in [1.82, 2.24) is 14.6 Å². The monoisotopic (exact) mass is 353 g/mol. The Balaban J connectivity index is 1.97. The second kappa shape index (κ2) is 7.53. The number of aliphatic hydroxyl groups is 1. The SMILES string of the molecule is CC(=O)Nc1cccc(-c2cnc3ccc(N[C@@H](CO)C(C)C)nn23)c1. The number of amides is 1. The Morgan fingerprint density at radius 3 is 2.77 bits per heavy atom. The summed E-state index contributed by atoms with van der Waals surface area (Å²) in [6, 6.07) is 11.2. The van der Waals surface area contributed by atoms with E-state index < -0.39 is 0 Å². The van der Waals surface area contributed by atoms with E-state index >= 15 is 0 Å². The van der Waals surface area contributed by atoms with E-state index in [4.69, 9.17) is 0 Å². The van der Waals surface area contributed by atoms with Gasteiger partial charge in [0.05, 0.1) is 24.5 Å². The van der Waals surface area contributed by atoms with Gasteiger partial charge >= 0.3 is 0 Å². The molecule has 1 aromatic carbocycles. The zero-order chi connectivity index (χ0) is 18.7. The Labute approximate surface area is 152 Å². The molecule has 0 aliphatic carbocycles. The number of aromatic nitrogens is 3. The van der Waals surface area contributed by atoms with Gasteiger partial charge in [-0.15, -0.1) is 5.10 Å². The van der Waals surface area contributed by atoms with Gasteiger partial charge in [0.1, 0.15) is 5.82 Å². The van der Waals surface area contributed by atoms with Crippen LogP contribution < -0.4 is 10.6 Å². The summed E-state index contributed by atoms with van der Waals surface area (Å²) in [6.45, 7) is 5.60. The Kier molecular flexibility index (Phi) is 5.18. The van der Waals surface area contributed by atoms with Crippen molar-refractivity contribution in [2.75, 3.05) is 17.2 Å². The highest BCUT2D eigenvalue weighted by molar-refractivity contribution is 5.89. The maximum Gasteiger partial charge on any atom is 0.221 e. The molecular formula is C19H23N5O2. The molecule has 3 rings (SSSR count). The van der Waals surface area contributed by atoms with E-state index in [1.165, 1.54) is 6.92 Å². The van der Waals surface area contributed by atoms with E-state index in [9.17, 15) is 9.90 Å². The highest BCUT2D eigenvalue weighted by atomic mass is 16.3. The van der Waals surface area contributed by atoms with Gasteiger partial charge in [-0.1, -0.05) is 26.0 Å². The molecule has 0 aliphatic heterocycles. The Morgan fingerprint density at radius 2 is 2.08 bits per heavy atom. The average Bonchev–Trinajstić information content (AvgIpc) is 3.02. The molecule has 1 atom stereocenters. The lowest BCUT2D eigenvalue weighted by Crippen LogP contribution is -2.30. The zero-order valence-electron chi connectivity index (χ0n) is 15.1. The second-order valence-corrected chi connectivity index (χ2v) is 6.57. The highest BCUT2D eigenvalue weighted by Crippen LogP contribution is 2.24. The van der Waals surface area contributed by atoms with Crippen LogP contribution in [0.15, 0.2) is 42.6 Å². The van der Waals surface area contributed by atoms with E-state index in [0.717, 1.165) is 22.6 Å². The number of hydrogen-bond acceptors (Lipinski definition) is 5. The molecule has 7 heteroatoms. The van der Waals surface area contributed by atoms with Crippen molar-refractivity contribution in [3.63, 3.8) is 0 Å². The predicted octanol–water partition coefficient (Wildman–Crippen LogP) is 2.78. The first-order valence-electron chi connectivity index (χ1n) is 8.58. The number of imidazole rings is 1. The topological polar surface area (TPSA) is 91.5 Å². The third kappa shape index (κ3) is 3.83. The molecule has 0 aliphatic rings. The van der Waals surface area contributed by atoms with Gasteiger partial charge in [-0.3, -0.25) is 4.79 Å². The number of carbonyl (C=O) groups is 1. The third-order valence-corrected chi connectivity index (χ3v) is 4.18. The number of carbonyl (C=O) groups excluding carboxylic acids is 1. The molecule has 136 valence electrons. The molecule has 2 heterocycles. The summed E-state index contributed by atoms with van der Waals surface area (Å²) in [5, 5.41) is 20.2. The molecule has 26 heavy (non-hydrogen) atoms. The van der Waals surface area contributed by atoms with Gasteiger partial charge in [-0.25, -0.2) is 9.50 Å². The molecule has 0 radical (unpaired) electrons. The quantitative estimate of drug-likeness (QED) is 0.634. The van der Waals surface area contributed by atoms with Gasteiger partial charge in [0.2, 0.25) is 5.91 Å². The number of nitrogens with zero attached hydrogens (tertiary/aromatic N) is 3. The number of hydrogen-bond donors (Lipinski definition) is 3. The molecule has 0 unspecified atom stereocenters. The summed E-state index contributed by atoms with van der Waals surface area (Å²) < 4.78 is 1.75. The number of benzene rings is 1. The van der Waals surface area contributed by atoms with Crippen molar-refractivity contribution in [3.05, 3.63) is 42.6 Å². The number of nitrogens with one attached hydrogen (secondary N) is 2. The molecule has 2 aromatic heterocycles. The lowest BCUT2D eigenvalue weighted by molar-refractivity contribution is -0.114. The molecule has 0 saturated carbocycles. The number of aliphatic hydroxyl groups excluding tert-OH is 1. The minimum atomic E-state index is -0.117. The predicted molar refractivity (Wildman–Crippen MR) is 102 cm³/mol. The first kappa shape index (κ1) is 17.9. The standard InChI is InChI=1S/C19H23N5O2/c1-12(2)16(11-25)22-18-7-8-19-20-10-17(24(19)23-18)14-5-4-6-15(9-14)21-13(3)26/h4-10,12,16,25H,11H2,1-3H3,(H,21,26)(H,22,23)/t16-/m0/s1. The minimum Gasteiger partial charge on any atom is -0.394 e. The first-order valence-corrected chi connectivity index (χ1v) is 8.58. The van der Waals surface area contributed by atoms with Crippen LogP contribution in [0.4, 0.5) is 11.5 Å². The molecule has 0 spiro atoms. The zero-order valence-corrected chi connectivity index (χ0v) is 15.1. The summed E-state index contributed by atoms with van der Waals surface area (Å²) in [5.74, 6) is 0.824. The molecule has 0 bridgehead atoms. The van der Waals surface area contributed by atoms with Gasteiger partial charge < -0.3 is 15.7 Å². The van der Waals surface area contributed by atoms with E-state index in [0.29, 0.717) is 5.82 Å². The maximum absolute atomic E-state index is 11.3. The molecular weight excluding hydrogens is 330 g/mol. The van der Waals surface area contributed by atoms with Crippen LogP contribution in [-0.4, -0.2) is 38.3 Å². The van der Waals surface area contributed by atoms with Crippen molar-refractivity contribution in [1.29, 1.82) is 0 Å². The van der Waals surface area contributed by atoms with Crippen LogP contribution in [0.5, 0.6) is 0 Å². The van der Waals surface area contributed by atoms with Gasteiger partial charge in [-0.2, -0.15) is 0 Å². The van der Waals surface area contributed by atoms with Gasteiger partial charge in [0.15, 0.2) is 5.65 Å². The Morgan fingerprint density at radius 1 is 1.27 bits per heavy atom. The average molecular weight is 353 g/mol. The van der Waals surface area contributed by atoms with Crippen LogP contribution in [0.3, 0.4) is 0 Å². The van der Waals surface area contributed by atoms with E-state index in [-0.39, 0.29) is 24.5 Å². The van der Waals surface area contributed by atoms with Crippen molar-refractivity contribution in [2.24, 2.45) is 5.92 Å². The minimum absolute atomic E-state index is 0.0347. The Bertz CT molecular complexity index is 919. The van der Waals surface area contributed by atoms with Crippen molar-refractivity contribution in [2.45, 2.75) is 26.8 Å². The second-order valence-electron chi connectivity index (χ2n) is 6.57. The van der Waals surface area contributed by atoms with Crippen molar-refractivity contribution >= 4 is 23.1 Å². The van der Waals surface area contributed by atoms with E-state index in [2.05, 4.69) is 20.7 Å². The fourth-order valence-electron chi connectivity index (χ4n) is 2.72. The van der Waals surface area contributed by atoms with E-state index in [1.807, 2.05) is 50.2 Å². The summed E-state index contributed by atoms with van der Waals surface area (Å²) in [5.41, 5.74) is 3.16. The summed E-state index contributed by atoms with van der Waals surface area (Å²) in [7, 11) is 0. The molecule has 0 fully saturated rings. The molecule has 7 nitrogen and oxygen atoms in total. The van der Waals surface area contributed by atoms with Crippen molar-refractivity contribution in [3.8, 4) is 11.3 Å². The smallest absolute Gasteiger partial charge is 0.221 e. The molecule has 0 saturated heterocycles. The molecule has 3 aromatic rings. The normalized spacial score (nSPS) is 12.3. The largest absolute Gasteiger partial charge is 0.394 e. The fraction of sp³-hybridized carbons (Fsp3) is 0.316. The highest BCUT2D eigenvalue weighted by Gasteiger charge is 2.14. The van der Waals surface area contributed by atoms with Gasteiger partial charge in [0.25, 0.3) is 0 Å². The first-order chi connectivity index (χ1) is 12.5. The van der Waals surface area contributed by atoms with Gasteiger partial charge in [0, 0.05) is 18.2 Å². The lowest BCUT2D eigenvalue weighted by Gasteiger charge is -2.20. The Hall–Kier alpha value is -2.93. The summed E-state index contributed by atoms with van der Waals surface area (Å²) in [6.07, 6.45) is 1.75. The van der Waals surface area contributed by atoms with Crippen LogP contribution in [0.25, 0.3) is 16.9 Å². The maximum atomic E-state index is 11.3. The van der Waals surface area contributed by atoms with Crippen molar-refractivity contribution < 1.29 is 9.90 Å². The summed E-state index contributed by atoms with van der Waals surface area (Å²) >= 11 is 0. The molecule has 3 N–H and O–H groups in total. The third-order valence-electron chi connectivity index (χ3n) is 4.18. The van der Waals surface area contributed by atoms with Crippen LogP contribution >= 0.6 is 0 Å². The van der Waals surface area contributed by atoms with E-state index in [1.54, 1.807) is 10.7 Å². The van der Waals surface area contributed by atoms with Crippen LogP contribution in [0.2, 0.25) is 0 Å². The van der Waals surface area contributed by atoms with Gasteiger partial charge in [-0.05, 0) is 30.2 Å². The van der Waals surface area contributed by atoms with Crippen LogP contribution in [-0.2, 0) is 4.79 Å². The molecule has 1 amide bonds. The lowest BCUT2D eigenvalue weighted by atomic mass is 10.1. The number of anilines is 2. The fourth-order valence-corrected chi connectivity index (χ4v) is 2.72. The van der Waals surface area contributed by atoms with Crippen LogP contribution in [0.1, 0.15) is 20.8 Å². The van der Waals surface area contributed by atoms with Crippen LogP contribution in [0, 0.1) is 5.92 Å². The number of fused-ring (bicyclic) bond motifs is 1. The summed E-state index contributed by atoms with van der Waals surface area (Å²) in [4.78, 5) is 15.7.